The number of aromatic nitrogens is 4. The number of carbonyl (C=O) groups is 2. The van der Waals surface area contributed by atoms with Gasteiger partial charge in [0.25, 0.3) is 11.8 Å². The standard InChI is InChI=1S/C32H40FN7O2/c1-5-6-7-26(21-8-10-23(11-9-21)29(41)34-20-27-36-38-39-37-27)40-30(42)28(22-12-14-25(33)15-13-22)35-32(40)18-16-24(17-19-32)31(2,3)4/h8-15,24,26H,5-7,16-20H2,1-4H3,(H,34,41)(H,36,37,38,39)/t24?,26-,32?/m1/s1. The second-order valence-corrected chi connectivity index (χ2v) is 12.6. The lowest BCUT2D eigenvalue weighted by atomic mass is 9.69. The molecule has 1 spiro atoms. The molecule has 2 N–H and O–H groups in total. The number of nitrogens with one attached hydrogen (secondary N) is 2. The van der Waals surface area contributed by atoms with Crippen molar-refractivity contribution in [1.29, 1.82) is 0 Å². The molecular formula is C32H40FN7O2. The first kappa shape index (κ1) is 29.5. The Bertz CT molecular complexity index is 1400. The molecule has 2 aliphatic rings. The fourth-order valence-electron chi connectivity index (χ4n) is 6.36. The summed E-state index contributed by atoms with van der Waals surface area (Å²) in [6.45, 7) is 9.16. The molecule has 1 fully saturated rings. The van der Waals surface area contributed by atoms with Crippen LogP contribution in [0.2, 0.25) is 0 Å². The minimum Gasteiger partial charge on any atom is -0.345 e. The van der Waals surface area contributed by atoms with Crippen LogP contribution in [0.25, 0.3) is 0 Å². The van der Waals surface area contributed by atoms with E-state index in [4.69, 9.17) is 4.99 Å². The summed E-state index contributed by atoms with van der Waals surface area (Å²) in [6.07, 6.45) is 6.23. The van der Waals surface area contributed by atoms with E-state index < -0.39 is 5.66 Å². The lowest BCUT2D eigenvalue weighted by Crippen LogP contribution is -2.51. The van der Waals surface area contributed by atoms with E-state index in [0.717, 1.165) is 50.5 Å². The Hall–Kier alpha value is -3.95. The maximum atomic E-state index is 14.3. The topological polar surface area (TPSA) is 116 Å². The zero-order valence-electron chi connectivity index (χ0n) is 24.9. The molecule has 1 saturated carbocycles. The zero-order valence-corrected chi connectivity index (χ0v) is 24.9. The highest BCUT2D eigenvalue weighted by atomic mass is 19.1. The lowest BCUT2D eigenvalue weighted by Gasteiger charge is -2.47. The number of H-pyrrole nitrogens is 1. The van der Waals surface area contributed by atoms with E-state index in [1.54, 1.807) is 24.3 Å². The molecule has 2 aromatic carbocycles. The van der Waals surface area contributed by atoms with Gasteiger partial charge < -0.3 is 10.2 Å². The first-order valence-electron chi connectivity index (χ1n) is 14.9. The van der Waals surface area contributed by atoms with E-state index >= 15 is 0 Å². The molecule has 9 nitrogen and oxygen atoms in total. The van der Waals surface area contributed by atoms with Crippen molar-refractivity contribution in [3.8, 4) is 0 Å². The zero-order chi connectivity index (χ0) is 29.9. The van der Waals surface area contributed by atoms with Gasteiger partial charge in [-0.25, -0.2) is 4.39 Å². The number of aliphatic imine (C=N–C) groups is 1. The van der Waals surface area contributed by atoms with Gasteiger partial charge in [0.2, 0.25) is 0 Å². The molecule has 1 aliphatic heterocycles. The number of tetrazole rings is 1. The van der Waals surface area contributed by atoms with E-state index in [-0.39, 0.29) is 35.6 Å². The van der Waals surface area contributed by atoms with Crippen LogP contribution in [0, 0.1) is 17.2 Å². The highest BCUT2D eigenvalue weighted by molar-refractivity contribution is 6.46. The number of halogens is 1. The third kappa shape index (κ3) is 6.12. The van der Waals surface area contributed by atoms with Gasteiger partial charge in [0.05, 0.1) is 12.6 Å². The van der Waals surface area contributed by atoms with Gasteiger partial charge in [-0.05, 0) is 85.4 Å². The van der Waals surface area contributed by atoms with Crippen LogP contribution in [0.3, 0.4) is 0 Å². The number of hydrogen-bond acceptors (Lipinski definition) is 6. The molecular weight excluding hydrogens is 533 g/mol. The predicted octanol–water partition coefficient (Wildman–Crippen LogP) is 5.76. The summed E-state index contributed by atoms with van der Waals surface area (Å²) in [4.78, 5) is 34.3. The smallest absolute Gasteiger partial charge is 0.275 e. The Morgan fingerprint density at radius 3 is 2.40 bits per heavy atom. The van der Waals surface area contributed by atoms with Crippen molar-refractivity contribution in [2.45, 2.75) is 90.9 Å². The van der Waals surface area contributed by atoms with Gasteiger partial charge in [0.15, 0.2) is 5.82 Å². The third-order valence-corrected chi connectivity index (χ3v) is 8.82. The van der Waals surface area contributed by atoms with Crippen molar-refractivity contribution in [2.24, 2.45) is 16.3 Å². The van der Waals surface area contributed by atoms with Gasteiger partial charge in [0, 0.05) is 11.1 Å². The van der Waals surface area contributed by atoms with Crippen LogP contribution in [0.4, 0.5) is 4.39 Å². The second kappa shape index (κ2) is 12.1. The Balaban J connectivity index is 1.46. The van der Waals surface area contributed by atoms with Gasteiger partial charge in [0.1, 0.15) is 17.2 Å². The van der Waals surface area contributed by atoms with Crippen molar-refractivity contribution < 1.29 is 14.0 Å². The van der Waals surface area contributed by atoms with Gasteiger partial charge >= 0.3 is 0 Å². The molecule has 5 rings (SSSR count). The highest BCUT2D eigenvalue weighted by Crippen LogP contribution is 2.50. The molecule has 2 amide bonds. The Labute approximate surface area is 246 Å². The predicted molar refractivity (Wildman–Crippen MR) is 158 cm³/mol. The summed E-state index contributed by atoms with van der Waals surface area (Å²) in [7, 11) is 0. The molecule has 1 aliphatic carbocycles. The lowest BCUT2D eigenvalue weighted by molar-refractivity contribution is -0.133. The van der Waals surface area contributed by atoms with Crippen molar-refractivity contribution in [2.75, 3.05) is 0 Å². The monoisotopic (exact) mass is 573 g/mol. The summed E-state index contributed by atoms with van der Waals surface area (Å²) < 4.78 is 13.8. The van der Waals surface area contributed by atoms with Crippen molar-refractivity contribution in [1.82, 2.24) is 30.8 Å². The number of aromatic amines is 1. The van der Waals surface area contributed by atoms with E-state index in [0.29, 0.717) is 28.6 Å². The summed E-state index contributed by atoms with van der Waals surface area (Å²) in [5.41, 5.74) is 2.06. The fourth-order valence-corrected chi connectivity index (χ4v) is 6.36. The molecule has 10 heteroatoms. The second-order valence-electron chi connectivity index (χ2n) is 12.6. The number of hydrogen-bond donors (Lipinski definition) is 2. The minimum atomic E-state index is -0.651. The summed E-state index contributed by atoms with van der Waals surface area (Å²) in [5.74, 6) is 0.246. The van der Waals surface area contributed by atoms with Crippen LogP contribution in [0.5, 0.6) is 0 Å². The minimum absolute atomic E-state index is 0.112. The average Bonchev–Trinajstić information content (AvgIpc) is 3.59. The molecule has 1 aromatic heterocycles. The van der Waals surface area contributed by atoms with Crippen LogP contribution >= 0.6 is 0 Å². The van der Waals surface area contributed by atoms with Gasteiger partial charge in [-0.15, -0.1) is 10.2 Å². The average molecular weight is 574 g/mol. The molecule has 1 atom stereocenters. The third-order valence-electron chi connectivity index (χ3n) is 8.82. The molecule has 222 valence electrons. The first-order valence-corrected chi connectivity index (χ1v) is 14.9. The van der Waals surface area contributed by atoms with Crippen LogP contribution < -0.4 is 5.32 Å². The number of amides is 2. The Morgan fingerprint density at radius 1 is 1.12 bits per heavy atom. The number of unbranched alkanes of at least 4 members (excludes halogenated alkanes) is 1. The first-order chi connectivity index (χ1) is 20.1. The molecule has 2 heterocycles. The number of carbonyl (C=O) groups excluding carboxylic acids is 2. The Kier molecular flexibility index (Phi) is 8.52. The van der Waals surface area contributed by atoms with Crippen LogP contribution in [-0.4, -0.2) is 48.7 Å². The highest BCUT2D eigenvalue weighted by Gasteiger charge is 2.52. The Morgan fingerprint density at radius 2 is 1.81 bits per heavy atom. The number of benzene rings is 2. The fraction of sp³-hybridized carbons (Fsp3) is 0.500. The summed E-state index contributed by atoms with van der Waals surface area (Å²) in [5, 5.41) is 16.4. The van der Waals surface area contributed by atoms with Gasteiger partial charge in [-0.3, -0.25) is 14.6 Å². The van der Waals surface area contributed by atoms with E-state index in [1.807, 2.05) is 17.0 Å². The molecule has 0 bridgehead atoms. The summed E-state index contributed by atoms with van der Waals surface area (Å²) >= 11 is 0. The number of nitrogens with zero attached hydrogens (tertiary/aromatic N) is 5. The molecule has 0 saturated heterocycles. The van der Waals surface area contributed by atoms with Crippen molar-refractivity contribution >= 4 is 17.5 Å². The van der Waals surface area contributed by atoms with Crippen LogP contribution in [0.1, 0.15) is 106 Å². The van der Waals surface area contributed by atoms with E-state index in [9.17, 15) is 14.0 Å². The van der Waals surface area contributed by atoms with Crippen molar-refractivity contribution in [3.63, 3.8) is 0 Å². The number of rotatable bonds is 9. The van der Waals surface area contributed by atoms with Crippen LogP contribution in [-0.2, 0) is 11.3 Å². The van der Waals surface area contributed by atoms with Crippen molar-refractivity contribution in [3.05, 3.63) is 76.9 Å². The summed E-state index contributed by atoms with van der Waals surface area (Å²) in [6, 6.07) is 13.3. The van der Waals surface area contributed by atoms with E-state index in [2.05, 4.69) is 53.6 Å². The molecule has 0 unspecified atom stereocenters. The molecule has 0 radical (unpaired) electrons. The quantitative estimate of drug-likeness (QED) is 0.337. The maximum Gasteiger partial charge on any atom is 0.275 e. The molecule has 3 aromatic rings. The maximum absolute atomic E-state index is 14.3. The van der Waals surface area contributed by atoms with Crippen LogP contribution in [0.15, 0.2) is 53.5 Å². The van der Waals surface area contributed by atoms with Gasteiger partial charge in [-0.2, -0.15) is 5.21 Å². The normalized spacial score (nSPS) is 21.5. The SMILES string of the molecule is CCCC[C@H](c1ccc(C(=O)NCc2nn[nH]n2)cc1)N1C(=O)C(c2ccc(F)cc2)=NC12CCC(C(C)(C)C)CC2. The molecule has 42 heavy (non-hydrogen) atoms. The van der Waals surface area contributed by atoms with Gasteiger partial charge in [-0.1, -0.05) is 57.9 Å². The van der Waals surface area contributed by atoms with E-state index in [1.165, 1.54) is 12.1 Å². The largest absolute Gasteiger partial charge is 0.345 e.